The maximum absolute atomic E-state index is 13.6. The maximum atomic E-state index is 13.6. The van der Waals surface area contributed by atoms with Crippen molar-refractivity contribution in [3.05, 3.63) is 65.0 Å². The molecule has 0 heterocycles. The first kappa shape index (κ1) is 21.4. The number of halogens is 3. The molecule has 2 N–H and O–H groups in total. The first-order valence-electron chi connectivity index (χ1n) is 8.71. The predicted molar refractivity (Wildman–Crippen MR) is 99.2 cm³/mol. The molecule has 0 aromatic heterocycles. The van der Waals surface area contributed by atoms with Gasteiger partial charge in [0.25, 0.3) is 11.8 Å². The van der Waals surface area contributed by atoms with Gasteiger partial charge in [-0.25, -0.2) is 13.2 Å². The van der Waals surface area contributed by atoms with Crippen molar-refractivity contribution in [2.24, 2.45) is 0 Å². The number of nitrogens with zero attached hydrogens (tertiary/aromatic N) is 1. The molecule has 2 aromatic rings. The molecule has 28 heavy (non-hydrogen) atoms. The van der Waals surface area contributed by atoms with Crippen LogP contribution in [0.1, 0.15) is 11.1 Å². The lowest BCUT2D eigenvalue weighted by molar-refractivity contribution is -0.862. The lowest BCUT2D eigenvalue weighted by atomic mass is 10.1. The molecule has 0 aliphatic rings. The van der Waals surface area contributed by atoms with Gasteiger partial charge in [0.2, 0.25) is 0 Å². The summed E-state index contributed by atoms with van der Waals surface area (Å²) in [5, 5.41) is 2.19. The Balaban J connectivity index is 1.85. The van der Waals surface area contributed by atoms with E-state index in [0.29, 0.717) is 11.4 Å². The topological polar surface area (TPSA) is 53.9 Å². The summed E-state index contributed by atoms with van der Waals surface area (Å²) in [6.07, 6.45) is 0. The van der Waals surface area contributed by atoms with E-state index in [2.05, 4.69) is 5.32 Å². The summed E-state index contributed by atoms with van der Waals surface area (Å²) in [5.41, 5.74) is 1.68. The number of anilines is 1. The Hall–Kier alpha value is -2.87. The van der Waals surface area contributed by atoms with Crippen LogP contribution in [0.15, 0.2) is 36.4 Å². The number of carbonyl (C=O) groups is 2. The third kappa shape index (κ3) is 5.82. The van der Waals surface area contributed by atoms with E-state index in [1.807, 2.05) is 31.2 Å². The average molecular weight is 394 g/mol. The van der Waals surface area contributed by atoms with E-state index in [-0.39, 0.29) is 19.0 Å². The van der Waals surface area contributed by atoms with E-state index in [4.69, 9.17) is 0 Å². The van der Waals surface area contributed by atoms with E-state index in [1.165, 1.54) is 0 Å². The molecule has 0 radical (unpaired) electrons. The van der Waals surface area contributed by atoms with E-state index in [0.717, 1.165) is 23.3 Å². The molecule has 0 bridgehead atoms. The number of rotatable bonds is 7. The summed E-state index contributed by atoms with van der Waals surface area (Å²) >= 11 is 0. The Morgan fingerprint density at radius 1 is 1.00 bits per heavy atom. The average Bonchev–Trinajstić information content (AvgIpc) is 2.63. The van der Waals surface area contributed by atoms with Gasteiger partial charge in [0, 0.05) is 13.6 Å². The molecule has 2 aromatic carbocycles. The number of benzene rings is 2. The molecular weight excluding hydrogens is 371 g/mol. The van der Waals surface area contributed by atoms with Gasteiger partial charge in [-0.1, -0.05) is 29.8 Å². The molecule has 0 aliphatic carbocycles. The highest BCUT2D eigenvalue weighted by molar-refractivity contribution is 5.91. The maximum Gasteiger partial charge on any atom is 0.279 e. The van der Waals surface area contributed by atoms with Crippen LogP contribution in [0.5, 0.6) is 0 Å². The van der Waals surface area contributed by atoms with Crippen molar-refractivity contribution in [2.75, 3.05) is 32.5 Å². The fourth-order valence-corrected chi connectivity index (χ4v) is 2.60. The molecule has 5 nitrogen and oxygen atoms in total. The lowest BCUT2D eigenvalue weighted by Gasteiger charge is -2.20. The Labute approximate surface area is 161 Å². The van der Waals surface area contributed by atoms with Crippen molar-refractivity contribution in [3.63, 3.8) is 0 Å². The number of quaternary nitrogens is 1. The summed E-state index contributed by atoms with van der Waals surface area (Å²) in [7, 11) is 3.31. The molecule has 1 unspecified atom stereocenters. The second-order valence-corrected chi connectivity index (χ2v) is 6.82. The van der Waals surface area contributed by atoms with Crippen LogP contribution in [-0.2, 0) is 16.1 Å². The quantitative estimate of drug-likeness (QED) is 0.700. The number of carbonyl (C=O) groups excluding carboxylic acids is 2. The monoisotopic (exact) mass is 394 g/mol. The van der Waals surface area contributed by atoms with Crippen LogP contribution in [0.25, 0.3) is 0 Å². The summed E-state index contributed by atoms with van der Waals surface area (Å²) in [6.45, 7) is 2.34. The van der Waals surface area contributed by atoms with Gasteiger partial charge in [0.15, 0.2) is 30.5 Å². The van der Waals surface area contributed by atoms with Gasteiger partial charge < -0.3 is 15.1 Å². The van der Waals surface area contributed by atoms with Crippen molar-refractivity contribution in [3.8, 4) is 0 Å². The number of likely N-dealkylation sites (N-methyl/N-ethyl adjacent to an activating group) is 2. The smallest absolute Gasteiger partial charge is 0.279 e. The lowest BCUT2D eigenvalue weighted by Crippen LogP contribution is -3.11. The molecule has 0 aliphatic heterocycles. The summed E-state index contributed by atoms with van der Waals surface area (Å²) < 4.78 is 39.7. The van der Waals surface area contributed by atoms with Crippen LogP contribution in [0.4, 0.5) is 18.9 Å². The number of hydrogen-bond donors (Lipinski definition) is 2. The molecule has 0 saturated heterocycles. The normalized spacial score (nSPS) is 11.8. The minimum atomic E-state index is -1.65. The van der Waals surface area contributed by atoms with Gasteiger partial charge in [-0.05, 0) is 24.6 Å². The summed E-state index contributed by atoms with van der Waals surface area (Å²) in [6, 6.07) is 9.49. The molecule has 8 heteroatoms. The first-order chi connectivity index (χ1) is 13.2. The van der Waals surface area contributed by atoms with E-state index >= 15 is 0 Å². The van der Waals surface area contributed by atoms with Gasteiger partial charge >= 0.3 is 0 Å². The van der Waals surface area contributed by atoms with Crippen molar-refractivity contribution in [1.82, 2.24) is 4.90 Å². The number of nitrogens with one attached hydrogen (secondary N) is 2. The van der Waals surface area contributed by atoms with Gasteiger partial charge in [-0.15, -0.1) is 0 Å². The van der Waals surface area contributed by atoms with E-state index in [1.54, 1.807) is 19.0 Å². The Bertz CT molecular complexity index is 857. The second kappa shape index (κ2) is 9.36. The Kier molecular flexibility index (Phi) is 7.17. The highest BCUT2D eigenvalue weighted by Crippen LogP contribution is 2.19. The predicted octanol–water partition coefficient (Wildman–Crippen LogP) is 1.52. The summed E-state index contributed by atoms with van der Waals surface area (Å²) in [5.74, 6) is -5.21. The number of hydrogen-bond acceptors (Lipinski definition) is 2. The zero-order valence-corrected chi connectivity index (χ0v) is 16.0. The largest absolute Gasteiger partial charge is 0.337 e. The summed E-state index contributed by atoms with van der Waals surface area (Å²) in [4.78, 5) is 26.5. The van der Waals surface area contributed by atoms with E-state index < -0.39 is 29.0 Å². The van der Waals surface area contributed by atoms with Crippen molar-refractivity contribution in [2.45, 2.75) is 13.5 Å². The minimum Gasteiger partial charge on any atom is -0.337 e. The standard InChI is InChI=1S/C20H22F3N3O2/c1-13-4-6-14(7-5-13)10-26(3)18(28)12-25(2)11-17(27)24-16-9-8-15(21)19(22)20(16)23/h4-9H,10-12H2,1-3H3,(H,24,27)/p+1. The molecular formula is C20H23F3N3O2+. The first-order valence-corrected chi connectivity index (χ1v) is 8.71. The molecule has 0 fully saturated rings. The second-order valence-electron chi connectivity index (χ2n) is 6.82. The van der Waals surface area contributed by atoms with Gasteiger partial charge in [-0.2, -0.15) is 0 Å². The molecule has 150 valence electrons. The van der Waals surface area contributed by atoms with Crippen LogP contribution >= 0.6 is 0 Å². The molecule has 0 spiro atoms. The van der Waals surface area contributed by atoms with Gasteiger partial charge in [0.05, 0.1) is 12.7 Å². The third-order valence-electron chi connectivity index (χ3n) is 4.19. The molecule has 2 rings (SSSR count). The zero-order chi connectivity index (χ0) is 20.8. The van der Waals surface area contributed by atoms with Crippen LogP contribution in [0.3, 0.4) is 0 Å². The Morgan fingerprint density at radius 2 is 1.64 bits per heavy atom. The van der Waals surface area contributed by atoms with Crippen LogP contribution < -0.4 is 10.2 Å². The van der Waals surface area contributed by atoms with Crippen LogP contribution in [-0.4, -0.2) is 43.9 Å². The molecule has 0 saturated carbocycles. The van der Waals surface area contributed by atoms with E-state index in [9.17, 15) is 22.8 Å². The van der Waals surface area contributed by atoms with Crippen molar-refractivity contribution >= 4 is 17.5 Å². The van der Waals surface area contributed by atoms with Crippen LogP contribution in [0.2, 0.25) is 0 Å². The van der Waals surface area contributed by atoms with Gasteiger partial charge in [0.1, 0.15) is 0 Å². The van der Waals surface area contributed by atoms with Gasteiger partial charge in [-0.3, -0.25) is 9.59 Å². The third-order valence-corrected chi connectivity index (χ3v) is 4.19. The fraction of sp³-hybridized carbons (Fsp3) is 0.300. The zero-order valence-electron chi connectivity index (χ0n) is 16.0. The van der Waals surface area contributed by atoms with Crippen molar-refractivity contribution < 1.29 is 27.7 Å². The Morgan fingerprint density at radius 3 is 2.29 bits per heavy atom. The van der Waals surface area contributed by atoms with Crippen molar-refractivity contribution in [1.29, 1.82) is 0 Å². The highest BCUT2D eigenvalue weighted by Gasteiger charge is 2.20. The number of aryl methyl sites for hydroxylation is 1. The SMILES string of the molecule is Cc1ccc(CN(C)C(=O)C[NH+](C)CC(=O)Nc2ccc(F)c(F)c2F)cc1. The highest BCUT2D eigenvalue weighted by atomic mass is 19.2. The minimum absolute atomic E-state index is 0.0516. The molecule has 1 atom stereocenters. The fourth-order valence-electron chi connectivity index (χ4n) is 2.60. The number of amides is 2. The molecule has 2 amide bonds. The van der Waals surface area contributed by atoms with Crippen LogP contribution in [0, 0.1) is 24.4 Å².